The summed E-state index contributed by atoms with van der Waals surface area (Å²) in [6.45, 7) is 4.65. The number of rotatable bonds is 11. The molecule has 3 aromatic carbocycles. The van der Waals surface area contributed by atoms with E-state index in [0.29, 0.717) is 21.4 Å². The SMILES string of the molecule is COc1cccc(N(CC(=O)N(Cc2ccc(Cl)c(Cl)c2)[C@H](C)C(=O)NC(C)C)S(=O)(=O)c2ccccc2)c1. The smallest absolute Gasteiger partial charge is 0.264 e. The Labute approximate surface area is 239 Å². The van der Waals surface area contributed by atoms with Crippen molar-refractivity contribution in [1.82, 2.24) is 10.2 Å². The monoisotopic (exact) mass is 591 g/mol. The van der Waals surface area contributed by atoms with Crippen LogP contribution in [0.25, 0.3) is 0 Å². The summed E-state index contributed by atoms with van der Waals surface area (Å²) in [5.74, 6) is -0.544. The van der Waals surface area contributed by atoms with Crippen LogP contribution in [0.15, 0.2) is 77.7 Å². The maximum Gasteiger partial charge on any atom is 0.264 e. The minimum atomic E-state index is -4.17. The molecule has 0 saturated heterocycles. The molecule has 0 radical (unpaired) electrons. The minimum Gasteiger partial charge on any atom is -0.497 e. The van der Waals surface area contributed by atoms with Gasteiger partial charge in [-0.2, -0.15) is 0 Å². The Bertz CT molecular complexity index is 1420. The summed E-state index contributed by atoms with van der Waals surface area (Å²) in [6.07, 6.45) is 0. The number of carbonyl (C=O) groups excluding carboxylic acids is 2. The van der Waals surface area contributed by atoms with Crippen LogP contribution in [0.1, 0.15) is 26.3 Å². The number of nitrogens with one attached hydrogen (secondary N) is 1. The lowest BCUT2D eigenvalue weighted by atomic mass is 10.1. The van der Waals surface area contributed by atoms with Crippen LogP contribution in [0.5, 0.6) is 5.75 Å². The lowest BCUT2D eigenvalue weighted by molar-refractivity contribution is -0.139. The number of methoxy groups -OCH3 is 1. The molecule has 0 spiro atoms. The van der Waals surface area contributed by atoms with Crippen molar-refractivity contribution < 1.29 is 22.7 Å². The van der Waals surface area contributed by atoms with Gasteiger partial charge in [-0.1, -0.05) is 53.5 Å². The van der Waals surface area contributed by atoms with Crippen molar-refractivity contribution in [2.75, 3.05) is 18.0 Å². The normalized spacial score (nSPS) is 12.1. The molecular weight excluding hydrogens is 561 g/mol. The fourth-order valence-electron chi connectivity index (χ4n) is 3.84. The van der Waals surface area contributed by atoms with E-state index in [1.54, 1.807) is 61.5 Å². The summed E-state index contributed by atoms with van der Waals surface area (Å²) >= 11 is 12.3. The molecule has 0 aliphatic carbocycles. The predicted octanol–water partition coefficient (Wildman–Crippen LogP) is 5.14. The highest BCUT2D eigenvalue weighted by molar-refractivity contribution is 7.92. The van der Waals surface area contributed by atoms with Gasteiger partial charge in [-0.15, -0.1) is 0 Å². The van der Waals surface area contributed by atoms with Gasteiger partial charge in [-0.25, -0.2) is 8.42 Å². The highest BCUT2D eigenvalue weighted by atomic mass is 35.5. The molecule has 11 heteroatoms. The summed E-state index contributed by atoms with van der Waals surface area (Å²) in [7, 11) is -2.70. The number of amides is 2. The van der Waals surface area contributed by atoms with E-state index in [2.05, 4.69) is 5.32 Å². The molecule has 0 aliphatic heterocycles. The highest BCUT2D eigenvalue weighted by Gasteiger charge is 2.32. The van der Waals surface area contributed by atoms with Crippen LogP contribution in [0, 0.1) is 0 Å². The first kappa shape index (κ1) is 30.3. The first-order chi connectivity index (χ1) is 18.4. The maximum absolute atomic E-state index is 13.9. The summed E-state index contributed by atoms with van der Waals surface area (Å²) in [6, 6.07) is 18.1. The van der Waals surface area contributed by atoms with Crippen molar-refractivity contribution in [3.8, 4) is 5.75 Å². The third-order valence-corrected chi connectivity index (χ3v) is 8.41. The largest absolute Gasteiger partial charge is 0.497 e. The van der Waals surface area contributed by atoms with Crippen molar-refractivity contribution in [3.05, 3.63) is 88.4 Å². The number of benzene rings is 3. The lowest BCUT2D eigenvalue weighted by Gasteiger charge is -2.32. The van der Waals surface area contributed by atoms with E-state index in [-0.39, 0.29) is 29.1 Å². The van der Waals surface area contributed by atoms with Gasteiger partial charge in [-0.05, 0) is 62.7 Å². The van der Waals surface area contributed by atoms with Crippen LogP contribution in [0.2, 0.25) is 10.0 Å². The standard InChI is InChI=1S/C28H31Cl2N3O5S/c1-19(2)31-28(35)20(3)32(17-21-13-14-25(29)26(30)15-21)27(34)18-33(22-9-8-10-23(16-22)38-4)39(36,37)24-11-6-5-7-12-24/h5-16,19-20H,17-18H2,1-4H3,(H,31,35)/t20-/m1/s1. The maximum atomic E-state index is 13.9. The van der Waals surface area contributed by atoms with Crippen LogP contribution in [0.3, 0.4) is 0 Å². The molecule has 8 nitrogen and oxygen atoms in total. The second-order valence-electron chi connectivity index (χ2n) is 9.14. The molecule has 0 bridgehead atoms. The molecule has 3 aromatic rings. The second-order valence-corrected chi connectivity index (χ2v) is 11.8. The van der Waals surface area contributed by atoms with E-state index < -0.39 is 28.5 Å². The number of nitrogens with zero attached hydrogens (tertiary/aromatic N) is 2. The molecule has 3 rings (SSSR count). The van der Waals surface area contributed by atoms with Gasteiger partial charge in [0.1, 0.15) is 18.3 Å². The Kier molecular flexibility index (Phi) is 10.2. The van der Waals surface area contributed by atoms with Crippen LogP contribution >= 0.6 is 23.2 Å². The summed E-state index contributed by atoms with van der Waals surface area (Å²) < 4.78 is 33.9. The van der Waals surface area contributed by atoms with Gasteiger partial charge in [0.15, 0.2) is 0 Å². The van der Waals surface area contributed by atoms with Crippen molar-refractivity contribution in [2.45, 2.75) is 44.3 Å². The van der Waals surface area contributed by atoms with Crippen LogP contribution in [-0.2, 0) is 26.2 Å². The molecule has 0 unspecified atom stereocenters. The molecule has 0 heterocycles. The van der Waals surface area contributed by atoms with Crippen LogP contribution in [0.4, 0.5) is 5.69 Å². The number of ether oxygens (including phenoxy) is 1. The van der Waals surface area contributed by atoms with Gasteiger partial charge in [0.2, 0.25) is 11.8 Å². The molecule has 0 aromatic heterocycles. The zero-order valence-electron chi connectivity index (χ0n) is 22.1. The van der Waals surface area contributed by atoms with Crippen molar-refractivity contribution >= 4 is 50.7 Å². The third-order valence-electron chi connectivity index (χ3n) is 5.89. The number of halogens is 2. The quantitative estimate of drug-likeness (QED) is 0.333. The number of hydrogen-bond acceptors (Lipinski definition) is 5. The van der Waals surface area contributed by atoms with E-state index in [1.165, 1.54) is 30.2 Å². The van der Waals surface area contributed by atoms with Gasteiger partial charge in [-0.3, -0.25) is 13.9 Å². The zero-order chi connectivity index (χ0) is 28.7. The molecule has 39 heavy (non-hydrogen) atoms. The first-order valence-electron chi connectivity index (χ1n) is 12.2. The first-order valence-corrected chi connectivity index (χ1v) is 14.4. The number of carbonyl (C=O) groups is 2. The minimum absolute atomic E-state index is 0.000258. The Morgan fingerprint density at radius 1 is 0.923 bits per heavy atom. The summed E-state index contributed by atoms with van der Waals surface area (Å²) in [4.78, 5) is 28.2. The lowest BCUT2D eigenvalue weighted by Crippen LogP contribution is -2.52. The fourth-order valence-corrected chi connectivity index (χ4v) is 5.58. The van der Waals surface area contributed by atoms with E-state index in [0.717, 1.165) is 4.31 Å². The van der Waals surface area contributed by atoms with Crippen LogP contribution < -0.4 is 14.4 Å². The highest BCUT2D eigenvalue weighted by Crippen LogP contribution is 2.28. The predicted molar refractivity (Wildman–Crippen MR) is 154 cm³/mol. The zero-order valence-corrected chi connectivity index (χ0v) is 24.4. The fraction of sp³-hybridized carbons (Fsp3) is 0.286. The summed E-state index contributed by atoms with van der Waals surface area (Å²) in [5, 5.41) is 3.46. The molecule has 0 saturated carbocycles. The molecule has 0 fully saturated rings. The number of sulfonamides is 1. The molecule has 0 aliphatic rings. The van der Waals surface area contributed by atoms with E-state index in [1.807, 2.05) is 13.8 Å². The van der Waals surface area contributed by atoms with E-state index in [9.17, 15) is 18.0 Å². The molecule has 208 valence electrons. The average Bonchev–Trinajstić information content (AvgIpc) is 2.91. The average molecular weight is 593 g/mol. The van der Waals surface area contributed by atoms with Gasteiger partial charge < -0.3 is 15.0 Å². The summed E-state index contributed by atoms with van der Waals surface area (Å²) in [5.41, 5.74) is 0.862. The van der Waals surface area contributed by atoms with Crippen molar-refractivity contribution in [3.63, 3.8) is 0 Å². The van der Waals surface area contributed by atoms with E-state index >= 15 is 0 Å². The molecular formula is C28H31Cl2N3O5S. The Hall–Kier alpha value is -3.27. The Morgan fingerprint density at radius 2 is 1.62 bits per heavy atom. The van der Waals surface area contributed by atoms with Crippen LogP contribution in [-0.4, -0.2) is 50.9 Å². The van der Waals surface area contributed by atoms with E-state index in [4.69, 9.17) is 27.9 Å². The second kappa shape index (κ2) is 13.2. The molecule has 1 N–H and O–H groups in total. The van der Waals surface area contributed by atoms with Gasteiger partial charge in [0.05, 0.1) is 27.7 Å². The number of hydrogen-bond donors (Lipinski definition) is 1. The van der Waals surface area contributed by atoms with Crippen molar-refractivity contribution in [2.24, 2.45) is 0 Å². The van der Waals surface area contributed by atoms with Gasteiger partial charge >= 0.3 is 0 Å². The third kappa shape index (κ3) is 7.65. The molecule has 2 amide bonds. The van der Waals surface area contributed by atoms with Gasteiger partial charge in [0.25, 0.3) is 10.0 Å². The Morgan fingerprint density at radius 3 is 2.23 bits per heavy atom. The van der Waals surface area contributed by atoms with Crippen molar-refractivity contribution in [1.29, 1.82) is 0 Å². The Balaban J connectivity index is 2.05. The number of anilines is 1. The molecule has 1 atom stereocenters. The topological polar surface area (TPSA) is 96.0 Å². The van der Waals surface area contributed by atoms with Gasteiger partial charge in [0, 0.05) is 18.7 Å².